The van der Waals surface area contributed by atoms with Crippen LogP contribution in [0.15, 0.2) is 48.8 Å². The van der Waals surface area contributed by atoms with Crippen molar-refractivity contribution in [1.29, 1.82) is 0 Å². The first kappa shape index (κ1) is 18.4. The standard InChI is InChI=1S/C24H24N6/c1-4-6-18-14(2)23-19-12-26-28-21(19)9-10-22(23)27-24(18)20-13-30(29-15(20)3)17-8-5-7-16(25)11-17/h5,7-13H,4,6,25H2,1-3H3,(H,26,28). The fourth-order valence-electron chi connectivity index (χ4n) is 4.28. The highest BCUT2D eigenvalue weighted by atomic mass is 15.3. The molecule has 0 aliphatic carbocycles. The Hall–Kier alpha value is -3.67. The molecule has 30 heavy (non-hydrogen) atoms. The molecule has 0 fully saturated rings. The van der Waals surface area contributed by atoms with Crippen LogP contribution in [0.4, 0.5) is 5.69 Å². The fraction of sp³-hybridized carbons (Fsp3) is 0.208. The topological polar surface area (TPSA) is 85.4 Å². The van der Waals surface area contributed by atoms with Crippen molar-refractivity contribution in [3.63, 3.8) is 0 Å². The molecule has 5 aromatic rings. The van der Waals surface area contributed by atoms with E-state index in [-0.39, 0.29) is 0 Å². The molecule has 3 aromatic heterocycles. The lowest BCUT2D eigenvalue weighted by atomic mass is 9.94. The summed E-state index contributed by atoms with van der Waals surface area (Å²) < 4.78 is 1.89. The first-order valence-electron chi connectivity index (χ1n) is 10.2. The molecular weight excluding hydrogens is 372 g/mol. The lowest BCUT2D eigenvalue weighted by Crippen LogP contribution is -2.00. The Morgan fingerprint density at radius 2 is 2.00 bits per heavy atom. The monoisotopic (exact) mass is 396 g/mol. The van der Waals surface area contributed by atoms with E-state index in [1.165, 1.54) is 16.5 Å². The van der Waals surface area contributed by atoms with Gasteiger partial charge in [0.15, 0.2) is 0 Å². The van der Waals surface area contributed by atoms with E-state index in [1.54, 1.807) is 0 Å². The van der Waals surface area contributed by atoms with E-state index < -0.39 is 0 Å². The maximum atomic E-state index is 5.97. The maximum absolute atomic E-state index is 5.97. The van der Waals surface area contributed by atoms with Crippen molar-refractivity contribution in [3.8, 4) is 16.9 Å². The molecule has 0 radical (unpaired) electrons. The van der Waals surface area contributed by atoms with Crippen LogP contribution in [0.5, 0.6) is 0 Å². The van der Waals surface area contributed by atoms with Gasteiger partial charge in [-0.15, -0.1) is 0 Å². The summed E-state index contributed by atoms with van der Waals surface area (Å²) in [5.74, 6) is 0. The smallest absolute Gasteiger partial charge is 0.0778 e. The van der Waals surface area contributed by atoms with Crippen LogP contribution in [0.2, 0.25) is 0 Å². The number of aromatic amines is 1. The molecule has 6 heteroatoms. The van der Waals surface area contributed by atoms with Crippen LogP contribution in [0.25, 0.3) is 38.8 Å². The minimum absolute atomic E-state index is 0.720. The van der Waals surface area contributed by atoms with E-state index >= 15 is 0 Å². The van der Waals surface area contributed by atoms with Gasteiger partial charge in [-0.3, -0.25) is 5.10 Å². The van der Waals surface area contributed by atoms with Crippen molar-refractivity contribution in [1.82, 2.24) is 25.0 Å². The minimum Gasteiger partial charge on any atom is -0.399 e. The predicted octanol–water partition coefficient (Wildman–Crippen LogP) is 5.12. The third-order valence-corrected chi connectivity index (χ3v) is 5.74. The molecule has 0 aliphatic heterocycles. The summed E-state index contributed by atoms with van der Waals surface area (Å²) in [5.41, 5.74) is 15.2. The van der Waals surface area contributed by atoms with Gasteiger partial charge in [-0.2, -0.15) is 10.2 Å². The highest BCUT2D eigenvalue weighted by Gasteiger charge is 2.19. The van der Waals surface area contributed by atoms with Gasteiger partial charge in [0.05, 0.1) is 34.3 Å². The zero-order chi connectivity index (χ0) is 20.8. The van der Waals surface area contributed by atoms with Gasteiger partial charge in [0.2, 0.25) is 0 Å². The molecule has 0 saturated carbocycles. The van der Waals surface area contributed by atoms with E-state index in [4.69, 9.17) is 15.8 Å². The third-order valence-electron chi connectivity index (χ3n) is 5.74. The second-order valence-corrected chi connectivity index (χ2v) is 7.77. The van der Waals surface area contributed by atoms with Crippen molar-refractivity contribution >= 4 is 27.5 Å². The Bertz CT molecular complexity index is 1390. The van der Waals surface area contributed by atoms with Crippen molar-refractivity contribution in [2.75, 3.05) is 5.73 Å². The molecule has 0 aliphatic rings. The highest BCUT2D eigenvalue weighted by Crippen LogP contribution is 2.35. The molecule has 0 saturated heterocycles. The quantitative estimate of drug-likeness (QED) is 0.413. The van der Waals surface area contributed by atoms with Crippen molar-refractivity contribution < 1.29 is 0 Å². The number of nitrogen functional groups attached to an aromatic ring is 1. The molecule has 0 spiro atoms. The number of fused-ring (bicyclic) bond motifs is 3. The average molecular weight is 396 g/mol. The number of nitrogens with two attached hydrogens (primary N) is 1. The number of nitrogens with one attached hydrogen (secondary N) is 1. The second-order valence-electron chi connectivity index (χ2n) is 7.77. The van der Waals surface area contributed by atoms with E-state index in [0.717, 1.165) is 57.6 Å². The van der Waals surface area contributed by atoms with Crippen LogP contribution in [0.1, 0.15) is 30.2 Å². The molecule has 3 heterocycles. The number of hydrogen-bond donors (Lipinski definition) is 2. The highest BCUT2D eigenvalue weighted by molar-refractivity contribution is 6.07. The molecular formula is C24H24N6. The van der Waals surface area contributed by atoms with Gasteiger partial charge in [-0.05, 0) is 61.7 Å². The number of benzene rings is 2. The van der Waals surface area contributed by atoms with Gasteiger partial charge in [-0.1, -0.05) is 19.4 Å². The molecule has 0 unspecified atom stereocenters. The number of aromatic nitrogens is 5. The SMILES string of the molecule is CCCc1c(-c2cn(-c3cccc(N)c3)nc2C)nc2ccc3[nH]ncc3c2c1C. The molecule has 2 aromatic carbocycles. The van der Waals surface area contributed by atoms with Gasteiger partial charge in [0, 0.05) is 28.2 Å². The number of nitrogens with zero attached hydrogens (tertiary/aromatic N) is 4. The zero-order valence-electron chi connectivity index (χ0n) is 17.4. The number of hydrogen-bond acceptors (Lipinski definition) is 4. The van der Waals surface area contributed by atoms with Crippen molar-refractivity contribution in [2.24, 2.45) is 0 Å². The first-order chi connectivity index (χ1) is 14.6. The first-order valence-corrected chi connectivity index (χ1v) is 10.2. The Labute approximate surface area is 174 Å². The number of anilines is 1. The van der Waals surface area contributed by atoms with Gasteiger partial charge < -0.3 is 5.73 Å². The summed E-state index contributed by atoms with van der Waals surface area (Å²) >= 11 is 0. The largest absolute Gasteiger partial charge is 0.399 e. The Kier molecular flexibility index (Phi) is 4.28. The Morgan fingerprint density at radius 1 is 1.13 bits per heavy atom. The average Bonchev–Trinajstić information content (AvgIpc) is 3.36. The summed E-state index contributed by atoms with van der Waals surface area (Å²) in [6.07, 6.45) is 5.96. The number of pyridine rings is 1. The van der Waals surface area contributed by atoms with Crippen LogP contribution >= 0.6 is 0 Å². The van der Waals surface area contributed by atoms with E-state index in [9.17, 15) is 0 Å². The zero-order valence-corrected chi connectivity index (χ0v) is 17.4. The summed E-state index contributed by atoms with van der Waals surface area (Å²) in [4.78, 5) is 5.12. The fourth-order valence-corrected chi connectivity index (χ4v) is 4.28. The second kappa shape index (κ2) is 6.99. The van der Waals surface area contributed by atoms with Crippen molar-refractivity contribution in [2.45, 2.75) is 33.6 Å². The van der Waals surface area contributed by atoms with Crippen LogP contribution < -0.4 is 5.73 Å². The van der Waals surface area contributed by atoms with E-state index in [1.807, 2.05) is 48.1 Å². The van der Waals surface area contributed by atoms with Crippen LogP contribution in [-0.2, 0) is 6.42 Å². The molecule has 6 nitrogen and oxygen atoms in total. The van der Waals surface area contributed by atoms with E-state index in [0.29, 0.717) is 0 Å². The lowest BCUT2D eigenvalue weighted by Gasteiger charge is -2.14. The lowest BCUT2D eigenvalue weighted by molar-refractivity contribution is 0.863. The molecule has 150 valence electrons. The van der Waals surface area contributed by atoms with Gasteiger partial charge >= 0.3 is 0 Å². The number of H-pyrrole nitrogens is 1. The summed E-state index contributed by atoms with van der Waals surface area (Å²) in [5, 5.41) is 14.4. The summed E-state index contributed by atoms with van der Waals surface area (Å²) in [6, 6.07) is 11.9. The molecule has 3 N–H and O–H groups in total. The summed E-state index contributed by atoms with van der Waals surface area (Å²) in [7, 11) is 0. The van der Waals surface area contributed by atoms with Crippen LogP contribution in [-0.4, -0.2) is 25.0 Å². The molecule has 0 amide bonds. The van der Waals surface area contributed by atoms with Gasteiger partial charge in [0.25, 0.3) is 0 Å². The van der Waals surface area contributed by atoms with Crippen LogP contribution in [0, 0.1) is 13.8 Å². The molecule has 0 atom stereocenters. The molecule has 0 bridgehead atoms. The number of aryl methyl sites for hydroxylation is 2. The minimum atomic E-state index is 0.720. The Morgan fingerprint density at radius 3 is 2.80 bits per heavy atom. The number of rotatable bonds is 4. The maximum Gasteiger partial charge on any atom is 0.0778 e. The predicted molar refractivity (Wildman–Crippen MR) is 122 cm³/mol. The molecule has 5 rings (SSSR count). The Balaban J connectivity index is 1.76. The van der Waals surface area contributed by atoms with Crippen molar-refractivity contribution in [3.05, 3.63) is 65.6 Å². The van der Waals surface area contributed by atoms with Gasteiger partial charge in [0.1, 0.15) is 0 Å². The summed E-state index contributed by atoms with van der Waals surface area (Å²) in [6.45, 7) is 6.44. The third kappa shape index (κ3) is 2.84. The van der Waals surface area contributed by atoms with Gasteiger partial charge in [-0.25, -0.2) is 9.67 Å². The normalized spacial score (nSPS) is 11.6. The van der Waals surface area contributed by atoms with E-state index in [2.05, 4.69) is 36.3 Å². The van der Waals surface area contributed by atoms with Crippen LogP contribution in [0.3, 0.4) is 0 Å².